The van der Waals surface area contributed by atoms with Gasteiger partial charge in [0.05, 0.1) is 12.2 Å². The van der Waals surface area contributed by atoms with E-state index in [2.05, 4.69) is 15.4 Å². The Labute approximate surface area is 148 Å². The van der Waals surface area contributed by atoms with Crippen molar-refractivity contribution in [3.05, 3.63) is 77.4 Å². The second-order valence-corrected chi connectivity index (χ2v) is 6.19. The minimum atomic E-state index is -0.512. The number of hydrogen-bond donors (Lipinski definition) is 1. The molecule has 0 saturated heterocycles. The van der Waals surface area contributed by atoms with Crippen molar-refractivity contribution >= 4 is 5.91 Å². The summed E-state index contributed by atoms with van der Waals surface area (Å²) in [5.74, 6) is -1.31. The number of pyridine rings is 1. The van der Waals surface area contributed by atoms with Gasteiger partial charge in [0.15, 0.2) is 0 Å². The van der Waals surface area contributed by atoms with Crippen LogP contribution in [0, 0.1) is 11.6 Å². The zero-order valence-electron chi connectivity index (χ0n) is 13.8. The molecule has 0 spiro atoms. The van der Waals surface area contributed by atoms with Gasteiger partial charge in [0.2, 0.25) is 0 Å². The fraction of sp³-hybridized carbons (Fsp3) is 0.211. The van der Waals surface area contributed by atoms with Crippen LogP contribution in [0.2, 0.25) is 0 Å². The summed E-state index contributed by atoms with van der Waals surface area (Å²) >= 11 is 0. The number of para-hydroxylation sites is 1. The van der Waals surface area contributed by atoms with Gasteiger partial charge < -0.3 is 5.32 Å². The Balaban J connectivity index is 1.63. The van der Waals surface area contributed by atoms with Gasteiger partial charge in [-0.25, -0.2) is 13.5 Å². The summed E-state index contributed by atoms with van der Waals surface area (Å²) in [6.45, 7) is 0. The average molecular weight is 354 g/mol. The largest absolute Gasteiger partial charge is 0.344 e. The molecule has 7 heteroatoms. The number of nitrogens with one attached hydrogen (secondary N) is 1. The van der Waals surface area contributed by atoms with Gasteiger partial charge in [0.25, 0.3) is 5.91 Å². The van der Waals surface area contributed by atoms with Gasteiger partial charge in [-0.1, -0.05) is 12.1 Å². The second-order valence-electron chi connectivity index (χ2n) is 6.19. The molecule has 0 fully saturated rings. The van der Waals surface area contributed by atoms with Gasteiger partial charge in [-0.05, 0) is 37.5 Å². The molecule has 0 bridgehead atoms. The lowest BCUT2D eigenvalue weighted by molar-refractivity contribution is 0.0927. The Morgan fingerprint density at radius 1 is 1.23 bits per heavy atom. The maximum Gasteiger partial charge on any atom is 0.270 e. The molecule has 1 aliphatic rings. The van der Waals surface area contributed by atoms with Crippen LogP contribution in [0.5, 0.6) is 0 Å². The average Bonchev–Trinajstić information content (AvgIpc) is 3.07. The lowest BCUT2D eigenvalue weighted by Crippen LogP contribution is -2.31. The van der Waals surface area contributed by atoms with Gasteiger partial charge in [0, 0.05) is 23.5 Å². The molecule has 1 N–H and O–H groups in total. The Morgan fingerprint density at radius 2 is 2.08 bits per heavy atom. The summed E-state index contributed by atoms with van der Waals surface area (Å²) in [6, 6.07) is 8.46. The molecule has 1 atom stereocenters. The van der Waals surface area contributed by atoms with E-state index in [1.165, 1.54) is 18.3 Å². The van der Waals surface area contributed by atoms with E-state index in [0.717, 1.165) is 36.6 Å². The van der Waals surface area contributed by atoms with Gasteiger partial charge >= 0.3 is 0 Å². The van der Waals surface area contributed by atoms with E-state index in [-0.39, 0.29) is 17.6 Å². The van der Waals surface area contributed by atoms with Gasteiger partial charge in [-0.2, -0.15) is 5.10 Å². The Hall–Kier alpha value is -3.09. The summed E-state index contributed by atoms with van der Waals surface area (Å²) < 4.78 is 29.0. The molecule has 1 aromatic carbocycles. The minimum absolute atomic E-state index is 0.0265. The Bertz CT molecular complexity index is 970. The molecule has 1 aliphatic carbocycles. The van der Waals surface area contributed by atoms with Crippen molar-refractivity contribution < 1.29 is 13.6 Å². The van der Waals surface area contributed by atoms with Crippen LogP contribution in [-0.4, -0.2) is 20.7 Å². The van der Waals surface area contributed by atoms with E-state index in [1.807, 2.05) is 0 Å². The zero-order chi connectivity index (χ0) is 18.1. The molecule has 0 aliphatic heterocycles. The van der Waals surface area contributed by atoms with Crippen molar-refractivity contribution in [3.63, 3.8) is 0 Å². The number of carbonyl (C=O) groups excluding carboxylic acids is 1. The highest BCUT2D eigenvalue weighted by Gasteiger charge is 2.27. The van der Waals surface area contributed by atoms with Crippen molar-refractivity contribution in [1.29, 1.82) is 0 Å². The van der Waals surface area contributed by atoms with Gasteiger partial charge in [0.1, 0.15) is 23.0 Å². The van der Waals surface area contributed by atoms with Crippen molar-refractivity contribution in [2.45, 2.75) is 25.3 Å². The molecule has 0 saturated carbocycles. The maximum atomic E-state index is 14.1. The zero-order valence-corrected chi connectivity index (χ0v) is 13.8. The van der Waals surface area contributed by atoms with Crippen molar-refractivity contribution in [3.8, 4) is 5.69 Å². The number of carbonyl (C=O) groups is 1. The van der Waals surface area contributed by atoms with Crippen LogP contribution in [0.1, 0.15) is 40.6 Å². The van der Waals surface area contributed by atoms with E-state index >= 15 is 0 Å². The molecule has 2 heterocycles. The van der Waals surface area contributed by atoms with E-state index in [4.69, 9.17) is 0 Å². The topological polar surface area (TPSA) is 59.8 Å². The first-order valence-corrected chi connectivity index (χ1v) is 8.37. The third-order valence-electron chi connectivity index (χ3n) is 4.52. The van der Waals surface area contributed by atoms with Crippen LogP contribution in [0.25, 0.3) is 5.69 Å². The SMILES string of the molecule is O=C(NC1CCCc2c1cnn2-c1ccccc1F)c1cc(F)ccn1. The molecule has 0 radical (unpaired) electrons. The van der Waals surface area contributed by atoms with Crippen LogP contribution in [0.3, 0.4) is 0 Å². The molecule has 3 aromatic rings. The molecule has 5 nitrogen and oxygen atoms in total. The number of hydrogen-bond acceptors (Lipinski definition) is 3. The Morgan fingerprint density at radius 3 is 2.88 bits per heavy atom. The van der Waals surface area contributed by atoms with Crippen LogP contribution in [0.15, 0.2) is 48.8 Å². The predicted octanol–water partition coefficient (Wildman–Crippen LogP) is 3.35. The van der Waals surface area contributed by atoms with Crippen LogP contribution in [-0.2, 0) is 6.42 Å². The number of benzene rings is 1. The summed E-state index contributed by atoms with van der Waals surface area (Å²) in [5, 5.41) is 7.21. The molecule has 1 amide bonds. The van der Waals surface area contributed by atoms with E-state index in [0.29, 0.717) is 5.69 Å². The van der Waals surface area contributed by atoms with Crippen LogP contribution < -0.4 is 5.32 Å². The monoisotopic (exact) mass is 354 g/mol. The first kappa shape index (κ1) is 16.4. The molecule has 132 valence electrons. The summed E-state index contributed by atoms with van der Waals surface area (Å²) in [6.07, 6.45) is 5.22. The first-order valence-electron chi connectivity index (χ1n) is 8.37. The standard InChI is InChI=1S/C19H16F2N4O/c20-12-8-9-22-16(10-12)19(26)24-15-5-3-7-17-13(15)11-23-25(17)18-6-2-1-4-14(18)21/h1-2,4,6,8-11,15H,3,5,7H2,(H,24,26). The first-order chi connectivity index (χ1) is 12.6. The molecule has 2 aromatic heterocycles. The normalized spacial score (nSPS) is 16.2. The number of halogens is 2. The number of aromatic nitrogens is 3. The second kappa shape index (κ2) is 6.67. The number of rotatable bonds is 3. The van der Waals surface area contributed by atoms with Crippen LogP contribution >= 0.6 is 0 Å². The molecule has 26 heavy (non-hydrogen) atoms. The summed E-state index contributed by atoms with van der Waals surface area (Å²) in [4.78, 5) is 16.3. The molecular formula is C19H16F2N4O. The van der Waals surface area contributed by atoms with E-state index < -0.39 is 11.7 Å². The highest BCUT2D eigenvalue weighted by molar-refractivity contribution is 5.92. The van der Waals surface area contributed by atoms with Crippen molar-refractivity contribution in [2.75, 3.05) is 0 Å². The number of nitrogens with zero attached hydrogens (tertiary/aromatic N) is 3. The third kappa shape index (κ3) is 2.96. The summed E-state index contributed by atoms with van der Waals surface area (Å²) in [5.41, 5.74) is 2.13. The van der Waals surface area contributed by atoms with Crippen molar-refractivity contribution in [2.24, 2.45) is 0 Å². The number of fused-ring (bicyclic) bond motifs is 1. The molecule has 4 rings (SSSR count). The third-order valence-corrected chi connectivity index (χ3v) is 4.52. The van der Waals surface area contributed by atoms with Crippen LogP contribution in [0.4, 0.5) is 8.78 Å². The molecule has 1 unspecified atom stereocenters. The Kier molecular flexibility index (Phi) is 4.20. The maximum absolute atomic E-state index is 14.1. The van der Waals surface area contributed by atoms with Gasteiger partial charge in [-0.3, -0.25) is 9.78 Å². The fourth-order valence-electron chi connectivity index (χ4n) is 3.30. The highest BCUT2D eigenvalue weighted by atomic mass is 19.1. The lowest BCUT2D eigenvalue weighted by atomic mass is 9.92. The quantitative estimate of drug-likeness (QED) is 0.785. The van der Waals surface area contributed by atoms with Gasteiger partial charge in [-0.15, -0.1) is 0 Å². The van der Waals surface area contributed by atoms with E-state index in [9.17, 15) is 13.6 Å². The smallest absolute Gasteiger partial charge is 0.270 e. The van der Waals surface area contributed by atoms with Crippen molar-refractivity contribution in [1.82, 2.24) is 20.1 Å². The number of amides is 1. The minimum Gasteiger partial charge on any atom is -0.344 e. The summed E-state index contributed by atoms with van der Waals surface area (Å²) in [7, 11) is 0. The molecular weight excluding hydrogens is 338 g/mol. The lowest BCUT2D eigenvalue weighted by Gasteiger charge is -2.24. The fourth-order valence-corrected chi connectivity index (χ4v) is 3.30. The predicted molar refractivity (Wildman–Crippen MR) is 90.9 cm³/mol. The van der Waals surface area contributed by atoms with E-state index in [1.54, 1.807) is 29.1 Å². The highest BCUT2D eigenvalue weighted by Crippen LogP contribution is 2.31.